The fraction of sp³-hybridized carbons (Fsp3) is 0.444. The molecule has 2 aromatic carbocycles. The predicted molar refractivity (Wildman–Crippen MR) is 92.9 cm³/mol. The van der Waals surface area contributed by atoms with Crippen LogP contribution in [0.1, 0.15) is 5.56 Å². The number of nitrogens with zero attached hydrogens (tertiary/aromatic N) is 1. The van der Waals surface area contributed by atoms with Gasteiger partial charge in [-0.1, -0.05) is 30.3 Å². The van der Waals surface area contributed by atoms with E-state index in [0.717, 1.165) is 24.1 Å². The summed E-state index contributed by atoms with van der Waals surface area (Å²) < 4.78 is 5.62. The van der Waals surface area contributed by atoms with Crippen molar-refractivity contribution in [2.24, 2.45) is 11.8 Å². The standard InChI is InChI=1S/C18H22N2O.ClH/c1-21-18-7-6-13-4-2-3-5-16(13)17(18)12-20-10-14-8-19-9-15(14)11-20;/h2-7,14-15,19H,8-12H2,1H3;1H/t14-,15+;. The average Bonchev–Trinajstić information content (AvgIpc) is 3.09. The number of ether oxygens (including phenoxy) is 1. The highest BCUT2D eigenvalue weighted by atomic mass is 35.5. The van der Waals surface area contributed by atoms with E-state index in [2.05, 4.69) is 46.6 Å². The van der Waals surface area contributed by atoms with Crippen molar-refractivity contribution in [3.63, 3.8) is 0 Å². The molecular formula is C18H23ClN2O. The summed E-state index contributed by atoms with van der Waals surface area (Å²) in [6, 6.07) is 12.9. The van der Waals surface area contributed by atoms with Gasteiger partial charge in [-0.05, 0) is 41.8 Å². The molecule has 2 aliphatic heterocycles. The van der Waals surface area contributed by atoms with Crippen LogP contribution < -0.4 is 10.1 Å². The Morgan fingerprint density at radius 1 is 1.09 bits per heavy atom. The third kappa shape index (κ3) is 2.69. The minimum Gasteiger partial charge on any atom is -0.496 e. The summed E-state index contributed by atoms with van der Waals surface area (Å²) in [6.07, 6.45) is 0. The molecule has 0 bridgehead atoms. The molecule has 1 N–H and O–H groups in total. The molecule has 2 heterocycles. The Hall–Kier alpha value is -1.29. The second kappa shape index (κ2) is 6.45. The molecule has 4 heteroatoms. The normalized spacial score (nSPS) is 24.2. The Bertz CT molecular complexity index is 649. The van der Waals surface area contributed by atoms with Gasteiger partial charge >= 0.3 is 0 Å². The summed E-state index contributed by atoms with van der Waals surface area (Å²) in [7, 11) is 1.77. The maximum Gasteiger partial charge on any atom is 0.123 e. The van der Waals surface area contributed by atoms with Gasteiger partial charge < -0.3 is 10.1 Å². The lowest BCUT2D eigenvalue weighted by Gasteiger charge is -2.20. The maximum atomic E-state index is 5.62. The molecule has 0 spiro atoms. The number of methoxy groups -OCH3 is 1. The lowest BCUT2D eigenvalue weighted by Crippen LogP contribution is -2.25. The van der Waals surface area contributed by atoms with Gasteiger partial charge in [0.15, 0.2) is 0 Å². The van der Waals surface area contributed by atoms with Crippen LogP contribution in [0, 0.1) is 11.8 Å². The molecule has 0 aliphatic carbocycles. The predicted octanol–water partition coefficient (Wildman–Crippen LogP) is 2.92. The van der Waals surface area contributed by atoms with Gasteiger partial charge in [0, 0.05) is 25.2 Å². The Labute approximate surface area is 138 Å². The first-order valence-corrected chi connectivity index (χ1v) is 7.83. The molecule has 0 aromatic heterocycles. The van der Waals surface area contributed by atoms with E-state index < -0.39 is 0 Å². The van der Waals surface area contributed by atoms with Crippen molar-refractivity contribution in [1.29, 1.82) is 0 Å². The molecule has 2 saturated heterocycles. The van der Waals surface area contributed by atoms with E-state index in [1.807, 2.05) is 0 Å². The van der Waals surface area contributed by atoms with Gasteiger partial charge in [-0.15, -0.1) is 12.4 Å². The van der Waals surface area contributed by atoms with Gasteiger partial charge in [0.1, 0.15) is 5.75 Å². The van der Waals surface area contributed by atoms with Crippen molar-refractivity contribution < 1.29 is 4.74 Å². The van der Waals surface area contributed by atoms with Crippen LogP contribution in [-0.4, -0.2) is 38.2 Å². The fourth-order valence-electron chi connectivity index (χ4n) is 3.98. The van der Waals surface area contributed by atoms with Crippen molar-refractivity contribution in [2.75, 3.05) is 33.3 Å². The van der Waals surface area contributed by atoms with E-state index in [1.165, 1.54) is 42.5 Å². The summed E-state index contributed by atoms with van der Waals surface area (Å²) in [5.74, 6) is 2.70. The van der Waals surface area contributed by atoms with Gasteiger partial charge in [0.05, 0.1) is 7.11 Å². The molecule has 0 amide bonds. The maximum absolute atomic E-state index is 5.62. The lowest BCUT2D eigenvalue weighted by atomic mass is 10.0. The molecule has 2 fully saturated rings. The Morgan fingerprint density at radius 3 is 2.55 bits per heavy atom. The molecule has 22 heavy (non-hydrogen) atoms. The first-order valence-electron chi connectivity index (χ1n) is 7.83. The van der Waals surface area contributed by atoms with Crippen LogP contribution in [0.2, 0.25) is 0 Å². The van der Waals surface area contributed by atoms with E-state index in [9.17, 15) is 0 Å². The highest BCUT2D eigenvalue weighted by Crippen LogP contribution is 2.33. The second-order valence-corrected chi connectivity index (χ2v) is 6.34. The van der Waals surface area contributed by atoms with E-state index in [1.54, 1.807) is 7.11 Å². The molecule has 0 unspecified atom stereocenters. The molecule has 3 nitrogen and oxygen atoms in total. The summed E-state index contributed by atoms with van der Waals surface area (Å²) in [6.45, 7) is 5.80. The third-order valence-electron chi connectivity index (χ3n) is 5.06. The highest BCUT2D eigenvalue weighted by Gasteiger charge is 2.36. The number of hydrogen-bond donors (Lipinski definition) is 1. The molecule has 2 atom stereocenters. The first kappa shape index (κ1) is 15.6. The molecule has 0 saturated carbocycles. The summed E-state index contributed by atoms with van der Waals surface area (Å²) in [5, 5.41) is 6.14. The van der Waals surface area contributed by atoms with Crippen LogP contribution >= 0.6 is 12.4 Å². The van der Waals surface area contributed by atoms with Crippen LogP contribution in [0.4, 0.5) is 0 Å². The zero-order chi connectivity index (χ0) is 14.2. The average molecular weight is 319 g/mol. The van der Waals surface area contributed by atoms with Gasteiger partial charge in [0.2, 0.25) is 0 Å². The summed E-state index contributed by atoms with van der Waals surface area (Å²) in [4.78, 5) is 2.60. The summed E-state index contributed by atoms with van der Waals surface area (Å²) in [5.41, 5.74) is 1.34. The monoisotopic (exact) mass is 318 g/mol. The van der Waals surface area contributed by atoms with E-state index in [0.29, 0.717) is 0 Å². The van der Waals surface area contributed by atoms with Crippen LogP contribution in [-0.2, 0) is 6.54 Å². The van der Waals surface area contributed by atoms with Crippen molar-refractivity contribution in [3.8, 4) is 5.75 Å². The minimum atomic E-state index is 0. The fourth-order valence-corrected chi connectivity index (χ4v) is 3.98. The zero-order valence-corrected chi connectivity index (χ0v) is 13.7. The van der Waals surface area contributed by atoms with Crippen molar-refractivity contribution in [1.82, 2.24) is 10.2 Å². The van der Waals surface area contributed by atoms with Crippen molar-refractivity contribution in [2.45, 2.75) is 6.54 Å². The second-order valence-electron chi connectivity index (χ2n) is 6.34. The van der Waals surface area contributed by atoms with E-state index in [4.69, 9.17) is 4.74 Å². The molecule has 2 aliphatic rings. The first-order chi connectivity index (χ1) is 10.3. The summed E-state index contributed by atoms with van der Waals surface area (Å²) >= 11 is 0. The Morgan fingerprint density at radius 2 is 1.82 bits per heavy atom. The number of likely N-dealkylation sites (tertiary alicyclic amines) is 1. The lowest BCUT2D eigenvalue weighted by molar-refractivity contribution is 0.299. The largest absolute Gasteiger partial charge is 0.496 e. The van der Waals surface area contributed by atoms with Crippen molar-refractivity contribution in [3.05, 3.63) is 42.0 Å². The van der Waals surface area contributed by atoms with Gasteiger partial charge in [0.25, 0.3) is 0 Å². The Kier molecular flexibility index (Phi) is 4.57. The zero-order valence-electron chi connectivity index (χ0n) is 12.9. The van der Waals surface area contributed by atoms with Crippen molar-refractivity contribution >= 4 is 23.2 Å². The number of nitrogens with one attached hydrogen (secondary N) is 1. The quantitative estimate of drug-likeness (QED) is 0.941. The molecular weight excluding hydrogens is 296 g/mol. The number of hydrogen-bond acceptors (Lipinski definition) is 3. The van der Waals surface area contributed by atoms with Crippen LogP contribution in [0.5, 0.6) is 5.75 Å². The van der Waals surface area contributed by atoms with E-state index >= 15 is 0 Å². The molecule has 2 aromatic rings. The molecule has 0 radical (unpaired) electrons. The van der Waals surface area contributed by atoms with Crippen LogP contribution in [0.3, 0.4) is 0 Å². The topological polar surface area (TPSA) is 24.5 Å². The number of rotatable bonds is 3. The van der Waals surface area contributed by atoms with Gasteiger partial charge in [-0.2, -0.15) is 0 Å². The van der Waals surface area contributed by atoms with Crippen LogP contribution in [0.25, 0.3) is 10.8 Å². The number of benzene rings is 2. The number of fused-ring (bicyclic) bond motifs is 2. The number of halogens is 1. The third-order valence-corrected chi connectivity index (χ3v) is 5.06. The van der Waals surface area contributed by atoms with Gasteiger partial charge in [-0.3, -0.25) is 4.90 Å². The van der Waals surface area contributed by atoms with E-state index in [-0.39, 0.29) is 12.4 Å². The van der Waals surface area contributed by atoms with Crippen LogP contribution in [0.15, 0.2) is 36.4 Å². The minimum absolute atomic E-state index is 0. The van der Waals surface area contributed by atoms with Gasteiger partial charge in [-0.25, -0.2) is 0 Å². The highest BCUT2D eigenvalue weighted by molar-refractivity contribution is 5.87. The SMILES string of the molecule is COc1ccc2ccccc2c1CN1C[C@H]2CNC[C@H]2C1.Cl. The smallest absolute Gasteiger partial charge is 0.123 e. The Balaban J connectivity index is 0.00000144. The molecule has 4 rings (SSSR count). The molecule has 118 valence electrons.